The molecule has 1 heterocycles. The monoisotopic (exact) mass is 211 g/mol. The Morgan fingerprint density at radius 3 is 2.73 bits per heavy atom. The zero-order chi connectivity index (χ0) is 11.3. The molecule has 1 rings (SSSR count). The third-order valence-electron chi connectivity index (χ3n) is 2.66. The van der Waals surface area contributed by atoms with Gasteiger partial charge in [0.25, 0.3) is 5.91 Å². The number of aromatic amines is 1. The Morgan fingerprint density at radius 1 is 1.60 bits per heavy atom. The van der Waals surface area contributed by atoms with Crippen LogP contribution in [0.2, 0.25) is 0 Å². The van der Waals surface area contributed by atoms with Crippen LogP contribution in [0.25, 0.3) is 0 Å². The average molecular weight is 211 g/mol. The van der Waals surface area contributed by atoms with Gasteiger partial charge in [-0.2, -0.15) is 15.4 Å². The quantitative estimate of drug-likeness (QED) is 0.641. The molecule has 0 aliphatic heterocycles. The van der Waals surface area contributed by atoms with Crippen molar-refractivity contribution in [2.45, 2.75) is 32.2 Å². The van der Waals surface area contributed by atoms with Gasteiger partial charge >= 0.3 is 0 Å². The summed E-state index contributed by atoms with van der Waals surface area (Å²) < 4.78 is 0. The lowest BCUT2D eigenvalue weighted by Crippen LogP contribution is -2.49. The van der Waals surface area contributed by atoms with E-state index in [0.29, 0.717) is 6.54 Å². The molecule has 0 spiro atoms. The highest BCUT2D eigenvalue weighted by Gasteiger charge is 2.21. The Balaban J connectivity index is 2.47. The van der Waals surface area contributed by atoms with Crippen LogP contribution < -0.4 is 11.1 Å². The Labute approximate surface area is 88.6 Å². The lowest BCUT2D eigenvalue weighted by Gasteiger charge is -2.26. The standard InChI is InChI=1S/C9H17N5O/c1-3-9(10,4-2)6-11-8(15)7-5-12-14-13-7/h5H,3-4,6,10H2,1-2H3,(H,11,15)(H,12,13,14). The Bertz CT molecular complexity index is 304. The first-order valence-electron chi connectivity index (χ1n) is 5.04. The van der Waals surface area contributed by atoms with Crippen LogP contribution in [0.1, 0.15) is 37.2 Å². The van der Waals surface area contributed by atoms with Gasteiger partial charge in [0.15, 0.2) is 5.69 Å². The fraction of sp³-hybridized carbons (Fsp3) is 0.667. The van der Waals surface area contributed by atoms with E-state index in [9.17, 15) is 4.79 Å². The molecule has 0 atom stereocenters. The molecule has 4 N–H and O–H groups in total. The molecule has 84 valence electrons. The van der Waals surface area contributed by atoms with E-state index in [2.05, 4.69) is 20.7 Å². The number of carbonyl (C=O) groups excluding carboxylic acids is 1. The van der Waals surface area contributed by atoms with Crippen molar-refractivity contribution >= 4 is 5.91 Å². The molecule has 0 saturated heterocycles. The second-order valence-electron chi connectivity index (χ2n) is 3.61. The van der Waals surface area contributed by atoms with Gasteiger partial charge in [0.05, 0.1) is 6.20 Å². The first kappa shape index (κ1) is 11.6. The van der Waals surface area contributed by atoms with Crippen LogP contribution in [0.5, 0.6) is 0 Å². The van der Waals surface area contributed by atoms with E-state index in [4.69, 9.17) is 5.73 Å². The molecular weight excluding hydrogens is 194 g/mol. The summed E-state index contributed by atoms with van der Waals surface area (Å²) in [6.45, 7) is 4.46. The van der Waals surface area contributed by atoms with Crippen LogP contribution in [0, 0.1) is 0 Å². The highest BCUT2D eigenvalue weighted by atomic mass is 16.2. The van der Waals surface area contributed by atoms with Gasteiger partial charge in [-0.05, 0) is 12.8 Å². The minimum atomic E-state index is -0.334. The zero-order valence-electron chi connectivity index (χ0n) is 9.08. The maximum Gasteiger partial charge on any atom is 0.273 e. The van der Waals surface area contributed by atoms with Gasteiger partial charge in [0.2, 0.25) is 0 Å². The summed E-state index contributed by atoms with van der Waals surface area (Å²) in [5.41, 5.74) is 5.99. The molecule has 6 heteroatoms. The largest absolute Gasteiger partial charge is 0.349 e. The number of H-pyrrole nitrogens is 1. The second kappa shape index (κ2) is 4.88. The lowest BCUT2D eigenvalue weighted by atomic mass is 9.94. The molecule has 1 amide bonds. The molecule has 6 nitrogen and oxygen atoms in total. The van der Waals surface area contributed by atoms with Crippen molar-refractivity contribution in [3.05, 3.63) is 11.9 Å². The van der Waals surface area contributed by atoms with Crippen molar-refractivity contribution in [1.82, 2.24) is 20.7 Å². The molecule has 1 aromatic heterocycles. The summed E-state index contributed by atoms with van der Waals surface area (Å²) in [7, 11) is 0. The molecule has 0 bridgehead atoms. The van der Waals surface area contributed by atoms with Gasteiger partial charge in [-0.3, -0.25) is 4.79 Å². The van der Waals surface area contributed by atoms with Crippen molar-refractivity contribution in [1.29, 1.82) is 0 Å². The van der Waals surface area contributed by atoms with Crippen LogP contribution in [-0.2, 0) is 0 Å². The van der Waals surface area contributed by atoms with E-state index in [-0.39, 0.29) is 17.1 Å². The minimum Gasteiger partial charge on any atom is -0.349 e. The highest BCUT2D eigenvalue weighted by molar-refractivity contribution is 5.91. The molecule has 0 fully saturated rings. The van der Waals surface area contributed by atoms with E-state index < -0.39 is 0 Å². The van der Waals surface area contributed by atoms with Gasteiger partial charge < -0.3 is 11.1 Å². The van der Waals surface area contributed by atoms with Gasteiger partial charge in [0.1, 0.15) is 0 Å². The van der Waals surface area contributed by atoms with E-state index in [1.807, 2.05) is 13.8 Å². The van der Waals surface area contributed by atoms with Crippen LogP contribution in [0.15, 0.2) is 6.20 Å². The van der Waals surface area contributed by atoms with Crippen LogP contribution in [0.3, 0.4) is 0 Å². The summed E-state index contributed by atoms with van der Waals surface area (Å²) in [5.74, 6) is -0.250. The summed E-state index contributed by atoms with van der Waals surface area (Å²) in [6, 6.07) is 0. The molecule has 0 unspecified atom stereocenters. The molecular formula is C9H17N5O. The smallest absolute Gasteiger partial charge is 0.273 e. The topological polar surface area (TPSA) is 96.7 Å². The minimum absolute atomic E-state index is 0.250. The molecule has 0 aliphatic rings. The number of amides is 1. The van der Waals surface area contributed by atoms with Crippen molar-refractivity contribution < 1.29 is 4.79 Å². The maximum absolute atomic E-state index is 11.5. The molecule has 15 heavy (non-hydrogen) atoms. The number of hydrogen-bond acceptors (Lipinski definition) is 4. The van der Waals surface area contributed by atoms with Crippen LogP contribution >= 0.6 is 0 Å². The number of nitrogens with zero attached hydrogens (tertiary/aromatic N) is 2. The molecule has 0 aliphatic carbocycles. The van der Waals surface area contributed by atoms with Crippen molar-refractivity contribution in [2.24, 2.45) is 5.73 Å². The van der Waals surface area contributed by atoms with E-state index in [1.165, 1.54) is 6.20 Å². The van der Waals surface area contributed by atoms with Gasteiger partial charge in [-0.15, -0.1) is 0 Å². The number of hydrogen-bond donors (Lipinski definition) is 3. The van der Waals surface area contributed by atoms with Crippen molar-refractivity contribution in [3.8, 4) is 0 Å². The zero-order valence-corrected chi connectivity index (χ0v) is 9.08. The third-order valence-corrected chi connectivity index (χ3v) is 2.66. The number of nitrogens with two attached hydrogens (primary N) is 1. The molecule has 1 aromatic rings. The normalized spacial score (nSPS) is 11.4. The van der Waals surface area contributed by atoms with Crippen molar-refractivity contribution in [3.63, 3.8) is 0 Å². The average Bonchev–Trinajstić information content (AvgIpc) is 2.79. The van der Waals surface area contributed by atoms with Crippen LogP contribution in [0.4, 0.5) is 0 Å². The number of nitrogens with one attached hydrogen (secondary N) is 2. The predicted molar refractivity (Wildman–Crippen MR) is 56.2 cm³/mol. The number of aromatic nitrogens is 3. The second-order valence-corrected chi connectivity index (χ2v) is 3.61. The fourth-order valence-corrected chi connectivity index (χ4v) is 1.16. The summed E-state index contributed by atoms with van der Waals surface area (Å²) in [5, 5.41) is 12.4. The first-order chi connectivity index (χ1) is 7.11. The fourth-order valence-electron chi connectivity index (χ4n) is 1.16. The van der Waals surface area contributed by atoms with Crippen molar-refractivity contribution in [2.75, 3.05) is 6.54 Å². The Kier molecular flexibility index (Phi) is 3.79. The highest BCUT2D eigenvalue weighted by Crippen LogP contribution is 2.09. The van der Waals surface area contributed by atoms with Gasteiger partial charge in [0, 0.05) is 12.1 Å². The number of rotatable bonds is 5. The lowest BCUT2D eigenvalue weighted by molar-refractivity contribution is 0.0937. The van der Waals surface area contributed by atoms with Crippen LogP contribution in [-0.4, -0.2) is 33.4 Å². The molecule has 0 radical (unpaired) electrons. The summed E-state index contributed by atoms with van der Waals surface area (Å²) >= 11 is 0. The summed E-state index contributed by atoms with van der Waals surface area (Å²) in [6.07, 6.45) is 3.02. The molecule has 0 aromatic carbocycles. The van der Waals surface area contributed by atoms with E-state index >= 15 is 0 Å². The van der Waals surface area contributed by atoms with Gasteiger partial charge in [-0.25, -0.2) is 0 Å². The Morgan fingerprint density at radius 2 is 2.27 bits per heavy atom. The first-order valence-corrected chi connectivity index (χ1v) is 5.04. The number of carbonyl (C=O) groups is 1. The Hall–Kier alpha value is -1.43. The van der Waals surface area contributed by atoms with E-state index in [1.54, 1.807) is 0 Å². The molecule has 0 saturated carbocycles. The third kappa shape index (κ3) is 3.02. The SMILES string of the molecule is CCC(N)(CC)CNC(=O)c1cn[nH]n1. The summed E-state index contributed by atoms with van der Waals surface area (Å²) in [4.78, 5) is 11.5. The van der Waals surface area contributed by atoms with E-state index in [0.717, 1.165) is 12.8 Å². The maximum atomic E-state index is 11.5. The predicted octanol–water partition coefficient (Wildman–Crippen LogP) is 0.0520. The van der Waals surface area contributed by atoms with Gasteiger partial charge in [-0.1, -0.05) is 13.8 Å².